The van der Waals surface area contributed by atoms with Crippen molar-refractivity contribution >= 4 is 11.9 Å². The maximum Gasteiger partial charge on any atom is 0.433 e. The minimum absolute atomic E-state index is 0.00688. The molecular weight excluding hydrogens is 327 g/mol. The summed E-state index contributed by atoms with van der Waals surface area (Å²) in [4.78, 5) is 22.9. The average molecular weight is 341 g/mol. The molecule has 0 aromatic carbocycles. The Morgan fingerprint density at radius 1 is 1.25 bits per heavy atom. The average Bonchev–Trinajstić information content (AvgIpc) is 3.00. The number of nitrogens with zero attached hydrogens (tertiary/aromatic N) is 5. The molecule has 0 bridgehead atoms. The van der Waals surface area contributed by atoms with Crippen molar-refractivity contribution in [1.82, 2.24) is 20.0 Å². The zero-order valence-electron chi connectivity index (χ0n) is 12.7. The van der Waals surface area contributed by atoms with Crippen LogP contribution in [0.5, 0.6) is 0 Å². The van der Waals surface area contributed by atoms with E-state index in [1.54, 1.807) is 22.8 Å². The molecule has 0 atom stereocenters. The number of hydrogen-bond donors (Lipinski definition) is 0. The van der Waals surface area contributed by atoms with E-state index in [0.29, 0.717) is 31.9 Å². The number of hydrogen-bond acceptors (Lipinski definition) is 6. The largest absolute Gasteiger partial charge is 0.433 e. The summed E-state index contributed by atoms with van der Waals surface area (Å²) < 4.78 is 43.1. The molecule has 1 fully saturated rings. The van der Waals surface area contributed by atoms with Crippen LogP contribution >= 0.6 is 0 Å². The fourth-order valence-electron chi connectivity index (χ4n) is 2.39. The lowest BCUT2D eigenvalue weighted by atomic mass is 10.3. The van der Waals surface area contributed by atoms with Gasteiger partial charge in [0, 0.05) is 38.4 Å². The molecule has 1 amide bonds. The molecule has 10 heteroatoms. The lowest BCUT2D eigenvalue weighted by Crippen LogP contribution is -2.49. The molecule has 0 saturated carbocycles. The van der Waals surface area contributed by atoms with Gasteiger partial charge >= 0.3 is 6.18 Å². The minimum atomic E-state index is -4.51. The summed E-state index contributed by atoms with van der Waals surface area (Å²) >= 11 is 0. The molecule has 1 aliphatic heterocycles. The first-order valence-corrected chi connectivity index (χ1v) is 7.22. The molecule has 0 aliphatic carbocycles. The molecule has 0 radical (unpaired) electrons. The van der Waals surface area contributed by atoms with Crippen LogP contribution in [0.3, 0.4) is 0 Å². The molecule has 2 aromatic rings. The first kappa shape index (κ1) is 16.2. The SMILES string of the molecule is Cc1cc(C(=O)N2CCN(c3nccc(C(F)(F)F)n3)CC2)on1. The van der Waals surface area contributed by atoms with Crippen LogP contribution in [0.2, 0.25) is 0 Å². The second kappa shape index (κ2) is 6.10. The summed E-state index contributed by atoms with van der Waals surface area (Å²) in [5.74, 6) is -0.135. The normalized spacial score (nSPS) is 15.7. The first-order chi connectivity index (χ1) is 11.3. The molecule has 0 N–H and O–H groups in total. The summed E-state index contributed by atoms with van der Waals surface area (Å²) in [6, 6.07) is 2.38. The van der Waals surface area contributed by atoms with Gasteiger partial charge in [0.15, 0.2) is 0 Å². The highest BCUT2D eigenvalue weighted by atomic mass is 19.4. The van der Waals surface area contributed by atoms with Gasteiger partial charge in [0.1, 0.15) is 5.69 Å². The van der Waals surface area contributed by atoms with Crippen LogP contribution in [-0.2, 0) is 6.18 Å². The van der Waals surface area contributed by atoms with Crippen LogP contribution in [0.4, 0.5) is 19.1 Å². The Kier molecular flexibility index (Phi) is 4.12. The Bertz CT molecular complexity index is 738. The number of piperazine rings is 1. The lowest BCUT2D eigenvalue weighted by Gasteiger charge is -2.34. The number of carbonyl (C=O) groups excluding carboxylic acids is 1. The van der Waals surface area contributed by atoms with E-state index in [9.17, 15) is 18.0 Å². The van der Waals surface area contributed by atoms with Gasteiger partial charge in [0.25, 0.3) is 5.91 Å². The molecular formula is C14H14F3N5O2. The first-order valence-electron chi connectivity index (χ1n) is 7.22. The summed E-state index contributed by atoms with van der Waals surface area (Å²) in [5.41, 5.74) is -0.377. The van der Waals surface area contributed by atoms with Crippen molar-refractivity contribution in [1.29, 1.82) is 0 Å². The topological polar surface area (TPSA) is 75.4 Å². The summed E-state index contributed by atoms with van der Waals surface area (Å²) in [6.45, 7) is 3.04. The van der Waals surface area contributed by atoms with Gasteiger partial charge in [-0.2, -0.15) is 13.2 Å². The van der Waals surface area contributed by atoms with Crippen molar-refractivity contribution < 1.29 is 22.5 Å². The second-order valence-corrected chi connectivity index (χ2v) is 5.35. The lowest BCUT2D eigenvalue weighted by molar-refractivity contribution is -0.141. The Balaban J connectivity index is 1.66. The van der Waals surface area contributed by atoms with Gasteiger partial charge < -0.3 is 14.3 Å². The highest BCUT2D eigenvalue weighted by Gasteiger charge is 2.34. The van der Waals surface area contributed by atoms with E-state index in [0.717, 1.165) is 12.3 Å². The van der Waals surface area contributed by atoms with Gasteiger partial charge in [-0.15, -0.1) is 0 Å². The van der Waals surface area contributed by atoms with Crippen molar-refractivity contribution in [3.05, 3.63) is 35.5 Å². The van der Waals surface area contributed by atoms with E-state index in [1.807, 2.05) is 0 Å². The summed E-state index contributed by atoms with van der Waals surface area (Å²) in [6.07, 6.45) is -3.43. The number of aryl methyl sites for hydroxylation is 1. The quantitative estimate of drug-likeness (QED) is 0.828. The highest BCUT2D eigenvalue weighted by Crippen LogP contribution is 2.28. The van der Waals surface area contributed by atoms with E-state index in [-0.39, 0.29) is 17.6 Å². The third-order valence-electron chi connectivity index (χ3n) is 3.62. The molecule has 2 aromatic heterocycles. The van der Waals surface area contributed by atoms with Gasteiger partial charge in [0.2, 0.25) is 11.7 Å². The number of anilines is 1. The zero-order valence-corrected chi connectivity index (χ0v) is 12.7. The van der Waals surface area contributed by atoms with Crippen molar-refractivity contribution in [3.8, 4) is 0 Å². The number of amides is 1. The fourth-order valence-corrected chi connectivity index (χ4v) is 2.39. The maximum atomic E-state index is 12.7. The Labute approximate surface area is 135 Å². The number of alkyl halides is 3. The summed E-state index contributed by atoms with van der Waals surface area (Å²) in [7, 11) is 0. The van der Waals surface area contributed by atoms with E-state index in [2.05, 4.69) is 15.1 Å². The van der Waals surface area contributed by atoms with Crippen LogP contribution in [0.15, 0.2) is 22.9 Å². The predicted octanol–water partition coefficient (Wildman–Crippen LogP) is 1.75. The Morgan fingerprint density at radius 3 is 2.54 bits per heavy atom. The predicted molar refractivity (Wildman–Crippen MR) is 76.4 cm³/mol. The number of halogens is 3. The monoisotopic (exact) mass is 341 g/mol. The van der Waals surface area contributed by atoms with Crippen LogP contribution in [0.25, 0.3) is 0 Å². The molecule has 0 unspecified atom stereocenters. The van der Waals surface area contributed by atoms with E-state index in [4.69, 9.17) is 4.52 Å². The van der Waals surface area contributed by atoms with Gasteiger partial charge in [0.05, 0.1) is 5.69 Å². The molecule has 3 rings (SSSR count). The number of carbonyl (C=O) groups is 1. The maximum absolute atomic E-state index is 12.7. The molecule has 1 saturated heterocycles. The van der Waals surface area contributed by atoms with Crippen molar-refractivity contribution in [2.24, 2.45) is 0 Å². The van der Waals surface area contributed by atoms with Gasteiger partial charge in [-0.25, -0.2) is 9.97 Å². The zero-order chi connectivity index (χ0) is 17.3. The molecule has 24 heavy (non-hydrogen) atoms. The van der Waals surface area contributed by atoms with E-state index < -0.39 is 11.9 Å². The number of rotatable bonds is 2. The van der Waals surface area contributed by atoms with E-state index >= 15 is 0 Å². The standard InChI is InChI=1S/C14H14F3N5O2/c1-9-8-10(24-20-9)12(23)21-4-6-22(7-5-21)13-18-3-2-11(19-13)14(15,16)17/h2-3,8H,4-7H2,1H3. The van der Waals surface area contributed by atoms with Crippen LogP contribution in [0, 0.1) is 6.92 Å². The molecule has 7 nitrogen and oxygen atoms in total. The van der Waals surface area contributed by atoms with E-state index in [1.165, 1.54) is 0 Å². The van der Waals surface area contributed by atoms with Gasteiger partial charge in [-0.05, 0) is 13.0 Å². The molecule has 3 heterocycles. The second-order valence-electron chi connectivity index (χ2n) is 5.35. The highest BCUT2D eigenvalue weighted by molar-refractivity contribution is 5.91. The fraction of sp³-hybridized carbons (Fsp3) is 0.429. The summed E-state index contributed by atoms with van der Waals surface area (Å²) in [5, 5.41) is 3.67. The molecule has 128 valence electrons. The molecule has 1 aliphatic rings. The minimum Gasteiger partial charge on any atom is -0.351 e. The van der Waals surface area contributed by atoms with Crippen molar-refractivity contribution in [3.63, 3.8) is 0 Å². The van der Waals surface area contributed by atoms with Crippen LogP contribution in [-0.4, -0.2) is 52.1 Å². The smallest absolute Gasteiger partial charge is 0.351 e. The van der Waals surface area contributed by atoms with Gasteiger partial charge in [-0.3, -0.25) is 4.79 Å². The third kappa shape index (κ3) is 3.31. The van der Waals surface area contributed by atoms with Gasteiger partial charge in [-0.1, -0.05) is 5.16 Å². The molecule has 0 spiro atoms. The van der Waals surface area contributed by atoms with Crippen molar-refractivity contribution in [2.75, 3.05) is 31.1 Å². The number of aromatic nitrogens is 3. The Morgan fingerprint density at radius 2 is 1.96 bits per heavy atom. The van der Waals surface area contributed by atoms with Crippen LogP contribution in [0.1, 0.15) is 21.9 Å². The Hall–Kier alpha value is -2.65. The third-order valence-corrected chi connectivity index (χ3v) is 3.62. The van der Waals surface area contributed by atoms with Crippen molar-refractivity contribution in [2.45, 2.75) is 13.1 Å². The van der Waals surface area contributed by atoms with Crippen LogP contribution < -0.4 is 4.90 Å².